The molecule has 0 aliphatic carbocycles. The minimum atomic E-state index is -0.0303. The number of aromatic amines is 1. The molecule has 2 aromatic rings. The molecule has 0 bridgehead atoms. The monoisotopic (exact) mass is 232 g/mol. The fraction of sp³-hybridized carbons (Fsp3) is 0.333. The SMILES string of the molecule is CC(C)(C)c1cnc(C=Cc2cc(N)n[nH]2)o1. The van der Waals surface area contributed by atoms with Crippen molar-refractivity contribution in [2.45, 2.75) is 26.2 Å². The molecule has 0 saturated carbocycles. The van der Waals surface area contributed by atoms with E-state index < -0.39 is 0 Å². The van der Waals surface area contributed by atoms with Crippen LogP contribution < -0.4 is 5.73 Å². The molecule has 17 heavy (non-hydrogen) atoms. The van der Waals surface area contributed by atoms with Gasteiger partial charge in [-0.3, -0.25) is 5.10 Å². The van der Waals surface area contributed by atoms with Crippen molar-refractivity contribution in [3.05, 3.63) is 29.6 Å². The van der Waals surface area contributed by atoms with Crippen molar-refractivity contribution < 1.29 is 4.42 Å². The Hall–Kier alpha value is -2.04. The fourth-order valence-corrected chi connectivity index (χ4v) is 1.31. The molecule has 0 aromatic carbocycles. The molecular weight excluding hydrogens is 216 g/mol. The molecule has 5 heteroatoms. The third kappa shape index (κ3) is 2.75. The molecule has 0 saturated heterocycles. The van der Waals surface area contributed by atoms with Crippen LogP contribution >= 0.6 is 0 Å². The first-order valence-corrected chi connectivity index (χ1v) is 5.40. The predicted molar refractivity (Wildman–Crippen MR) is 67.1 cm³/mol. The van der Waals surface area contributed by atoms with Gasteiger partial charge in [0.15, 0.2) is 0 Å². The summed E-state index contributed by atoms with van der Waals surface area (Å²) in [4.78, 5) is 4.19. The Bertz CT molecular complexity index is 531. The Kier molecular flexibility index (Phi) is 2.75. The van der Waals surface area contributed by atoms with Crippen LogP contribution in [0.4, 0.5) is 5.82 Å². The van der Waals surface area contributed by atoms with Crippen molar-refractivity contribution in [3.8, 4) is 0 Å². The van der Waals surface area contributed by atoms with Crippen molar-refractivity contribution in [1.29, 1.82) is 0 Å². The van der Waals surface area contributed by atoms with Crippen molar-refractivity contribution in [3.63, 3.8) is 0 Å². The number of hydrogen-bond donors (Lipinski definition) is 2. The minimum absolute atomic E-state index is 0.0303. The summed E-state index contributed by atoms with van der Waals surface area (Å²) >= 11 is 0. The Labute approximate surface area is 99.7 Å². The summed E-state index contributed by atoms with van der Waals surface area (Å²) < 4.78 is 5.61. The van der Waals surface area contributed by atoms with E-state index in [1.165, 1.54) is 0 Å². The number of aromatic nitrogens is 3. The van der Waals surface area contributed by atoms with Gasteiger partial charge < -0.3 is 10.2 Å². The van der Waals surface area contributed by atoms with Crippen LogP contribution in [0.1, 0.15) is 38.1 Å². The van der Waals surface area contributed by atoms with Gasteiger partial charge in [-0.2, -0.15) is 5.10 Å². The Morgan fingerprint density at radius 2 is 2.12 bits per heavy atom. The summed E-state index contributed by atoms with van der Waals surface area (Å²) in [5.74, 6) is 1.90. The average molecular weight is 232 g/mol. The number of rotatable bonds is 2. The van der Waals surface area contributed by atoms with E-state index in [4.69, 9.17) is 10.2 Å². The maximum Gasteiger partial charge on any atom is 0.218 e. The fourth-order valence-electron chi connectivity index (χ4n) is 1.31. The molecule has 0 radical (unpaired) electrons. The van der Waals surface area contributed by atoms with Crippen molar-refractivity contribution in [1.82, 2.24) is 15.2 Å². The van der Waals surface area contributed by atoms with Gasteiger partial charge in [-0.25, -0.2) is 4.98 Å². The molecular formula is C12H16N4O. The molecule has 2 aromatic heterocycles. The zero-order valence-corrected chi connectivity index (χ0v) is 10.2. The summed E-state index contributed by atoms with van der Waals surface area (Å²) in [5.41, 5.74) is 6.28. The van der Waals surface area contributed by atoms with Crippen molar-refractivity contribution >= 4 is 18.0 Å². The molecule has 2 rings (SSSR count). The first-order chi connectivity index (χ1) is 7.95. The Balaban J connectivity index is 2.14. The third-order valence-corrected chi connectivity index (χ3v) is 2.29. The van der Waals surface area contributed by atoms with Crippen LogP contribution in [0.5, 0.6) is 0 Å². The van der Waals surface area contributed by atoms with Gasteiger partial charge in [0.25, 0.3) is 0 Å². The first-order valence-electron chi connectivity index (χ1n) is 5.40. The molecule has 0 aliphatic rings. The highest BCUT2D eigenvalue weighted by Crippen LogP contribution is 2.23. The number of hydrogen-bond acceptors (Lipinski definition) is 4. The van der Waals surface area contributed by atoms with Crippen LogP contribution in [0.15, 0.2) is 16.7 Å². The highest BCUT2D eigenvalue weighted by molar-refractivity contribution is 5.65. The smallest absolute Gasteiger partial charge is 0.218 e. The second kappa shape index (κ2) is 4.08. The van der Waals surface area contributed by atoms with E-state index in [0.29, 0.717) is 11.7 Å². The molecule has 0 atom stereocenters. The van der Waals surface area contributed by atoms with Gasteiger partial charge in [0.2, 0.25) is 5.89 Å². The van der Waals surface area contributed by atoms with Gasteiger partial charge in [-0.1, -0.05) is 20.8 Å². The van der Waals surface area contributed by atoms with Gasteiger partial charge in [-0.05, 0) is 6.08 Å². The molecule has 0 aliphatic heterocycles. The molecule has 0 fully saturated rings. The minimum Gasteiger partial charge on any atom is -0.441 e. The van der Waals surface area contributed by atoms with E-state index in [1.54, 1.807) is 18.3 Å². The molecule has 90 valence electrons. The summed E-state index contributed by atoms with van der Waals surface area (Å²) in [6, 6.07) is 1.74. The van der Waals surface area contributed by atoms with Crippen molar-refractivity contribution in [2.24, 2.45) is 0 Å². The lowest BCUT2D eigenvalue weighted by Gasteiger charge is -2.12. The number of oxazole rings is 1. The van der Waals surface area contributed by atoms with Gasteiger partial charge in [0, 0.05) is 17.6 Å². The number of nitrogen functional groups attached to an aromatic ring is 1. The van der Waals surface area contributed by atoms with Gasteiger partial charge in [0.05, 0.1) is 11.9 Å². The number of nitrogens with two attached hydrogens (primary N) is 1. The number of nitrogens with zero attached hydrogens (tertiary/aromatic N) is 2. The van der Waals surface area contributed by atoms with E-state index in [2.05, 4.69) is 36.0 Å². The lowest BCUT2D eigenvalue weighted by atomic mass is 9.94. The standard InChI is InChI=1S/C12H16N4O/c1-12(2,3)9-7-14-11(17-9)5-4-8-6-10(13)16-15-8/h4-7H,1-3H3,(H3,13,15,16). The second-order valence-electron chi connectivity index (χ2n) is 4.89. The molecule has 0 unspecified atom stereocenters. The quantitative estimate of drug-likeness (QED) is 0.833. The lowest BCUT2D eigenvalue weighted by molar-refractivity contribution is 0.403. The number of H-pyrrole nitrogens is 1. The lowest BCUT2D eigenvalue weighted by Crippen LogP contribution is -2.09. The molecule has 5 nitrogen and oxygen atoms in total. The number of anilines is 1. The van der Waals surface area contributed by atoms with Gasteiger partial charge in [0.1, 0.15) is 11.6 Å². The summed E-state index contributed by atoms with van der Waals surface area (Å²) in [6.07, 6.45) is 5.35. The Morgan fingerprint density at radius 3 is 2.65 bits per heavy atom. The largest absolute Gasteiger partial charge is 0.441 e. The summed E-state index contributed by atoms with van der Waals surface area (Å²) in [5, 5.41) is 6.61. The van der Waals surface area contributed by atoms with Gasteiger partial charge in [-0.15, -0.1) is 0 Å². The predicted octanol–water partition coefficient (Wildman–Crippen LogP) is 2.45. The highest BCUT2D eigenvalue weighted by atomic mass is 16.4. The zero-order chi connectivity index (χ0) is 12.5. The zero-order valence-electron chi connectivity index (χ0n) is 10.2. The highest BCUT2D eigenvalue weighted by Gasteiger charge is 2.18. The van der Waals surface area contributed by atoms with E-state index in [0.717, 1.165) is 11.5 Å². The van der Waals surface area contributed by atoms with Crippen molar-refractivity contribution in [2.75, 3.05) is 5.73 Å². The second-order valence-corrected chi connectivity index (χ2v) is 4.89. The molecule has 2 heterocycles. The van der Waals surface area contributed by atoms with Crippen LogP contribution in [-0.4, -0.2) is 15.2 Å². The van der Waals surface area contributed by atoms with E-state index in [1.807, 2.05) is 6.08 Å². The van der Waals surface area contributed by atoms with E-state index >= 15 is 0 Å². The Morgan fingerprint density at radius 1 is 1.35 bits per heavy atom. The summed E-state index contributed by atoms with van der Waals surface area (Å²) in [6.45, 7) is 6.24. The van der Waals surface area contributed by atoms with Crippen LogP contribution in [0, 0.1) is 0 Å². The van der Waals surface area contributed by atoms with E-state index in [9.17, 15) is 0 Å². The van der Waals surface area contributed by atoms with Gasteiger partial charge >= 0.3 is 0 Å². The first kappa shape index (κ1) is 11.4. The van der Waals surface area contributed by atoms with Crippen LogP contribution in [0.25, 0.3) is 12.2 Å². The van der Waals surface area contributed by atoms with Crippen LogP contribution in [-0.2, 0) is 5.41 Å². The molecule has 0 amide bonds. The topological polar surface area (TPSA) is 80.7 Å². The molecule has 0 spiro atoms. The number of nitrogens with one attached hydrogen (secondary N) is 1. The van der Waals surface area contributed by atoms with Crippen LogP contribution in [0.2, 0.25) is 0 Å². The third-order valence-electron chi connectivity index (χ3n) is 2.29. The summed E-state index contributed by atoms with van der Waals surface area (Å²) in [7, 11) is 0. The van der Waals surface area contributed by atoms with E-state index in [-0.39, 0.29) is 5.41 Å². The maximum absolute atomic E-state index is 5.61. The normalized spacial score (nSPS) is 12.4. The maximum atomic E-state index is 5.61. The molecule has 3 N–H and O–H groups in total. The van der Waals surface area contributed by atoms with Crippen LogP contribution in [0.3, 0.4) is 0 Å². The average Bonchev–Trinajstić information content (AvgIpc) is 2.82.